The third-order valence-corrected chi connectivity index (χ3v) is 7.10. The van der Waals surface area contributed by atoms with Crippen molar-refractivity contribution in [3.05, 3.63) is 65.2 Å². The summed E-state index contributed by atoms with van der Waals surface area (Å²) in [6, 6.07) is 17.3. The maximum Gasteiger partial charge on any atom is 0.290 e. The Balaban J connectivity index is 1.42. The second-order valence-electron chi connectivity index (χ2n) is 8.65. The molecule has 0 aliphatic carbocycles. The van der Waals surface area contributed by atoms with E-state index in [1.807, 2.05) is 30.5 Å². The van der Waals surface area contributed by atoms with Gasteiger partial charge in [-0.3, -0.25) is 24.8 Å². The maximum absolute atomic E-state index is 11.9. The Hall–Kier alpha value is -3.16. The molecule has 5 rings (SSSR count). The molecule has 0 spiro atoms. The topological polar surface area (TPSA) is 65.5 Å². The Labute approximate surface area is 197 Å². The molecule has 0 unspecified atom stereocenters. The molecule has 0 atom stereocenters. The lowest BCUT2D eigenvalue weighted by Gasteiger charge is -2.38. The molecule has 33 heavy (non-hydrogen) atoms. The molecule has 2 aliphatic rings. The van der Waals surface area contributed by atoms with Crippen molar-refractivity contribution >= 4 is 45.6 Å². The SMILES string of the molecule is CC(C)N1CCN(c2ccc(-c3ccnc4ccc(C=C5SC(=O)NC5=O)cc34)cc2)CC1. The maximum atomic E-state index is 11.9. The predicted octanol–water partition coefficient (Wildman–Crippen LogP) is 4.76. The van der Waals surface area contributed by atoms with Gasteiger partial charge in [0.25, 0.3) is 11.1 Å². The first kappa shape index (κ1) is 21.7. The Morgan fingerprint density at radius 3 is 2.42 bits per heavy atom. The number of nitrogens with zero attached hydrogens (tertiary/aromatic N) is 3. The normalized spacial score (nSPS) is 18.5. The molecular weight excluding hydrogens is 432 g/mol. The van der Waals surface area contributed by atoms with Gasteiger partial charge in [0.1, 0.15) is 0 Å². The van der Waals surface area contributed by atoms with E-state index in [0.717, 1.165) is 65.5 Å². The Kier molecular flexibility index (Phi) is 5.91. The first-order valence-corrected chi connectivity index (χ1v) is 12.0. The van der Waals surface area contributed by atoms with Crippen LogP contribution in [0.3, 0.4) is 0 Å². The minimum Gasteiger partial charge on any atom is -0.369 e. The Morgan fingerprint density at radius 1 is 1.00 bits per heavy atom. The zero-order chi connectivity index (χ0) is 22.9. The average molecular weight is 459 g/mol. The summed E-state index contributed by atoms with van der Waals surface area (Å²) in [5, 5.41) is 2.98. The molecule has 2 aromatic carbocycles. The van der Waals surface area contributed by atoms with Crippen LogP contribution in [0.4, 0.5) is 10.5 Å². The molecule has 168 valence electrons. The molecule has 2 amide bonds. The minimum absolute atomic E-state index is 0.333. The molecule has 7 heteroatoms. The minimum atomic E-state index is -0.346. The summed E-state index contributed by atoms with van der Waals surface area (Å²) in [6.45, 7) is 8.78. The van der Waals surface area contributed by atoms with E-state index in [9.17, 15) is 9.59 Å². The molecule has 3 aromatic rings. The first-order chi connectivity index (χ1) is 16.0. The fraction of sp³-hybridized carbons (Fsp3) is 0.269. The van der Waals surface area contributed by atoms with E-state index in [4.69, 9.17) is 0 Å². The van der Waals surface area contributed by atoms with Crippen LogP contribution in [0.5, 0.6) is 0 Å². The smallest absolute Gasteiger partial charge is 0.290 e. The Bertz CT molecular complexity index is 1240. The Morgan fingerprint density at radius 2 is 1.76 bits per heavy atom. The fourth-order valence-electron chi connectivity index (χ4n) is 4.43. The van der Waals surface area contributed by atoms with Gasteiger partial charge in [-0.05, 0) is 78.7 Å². The summed E-state index contributed by atoms with van der Waals surface area (Å²) in [5.41, 5.74) is 5.22. The molecule has 6 nitrogen and oxygen atoms in total. The summed E-state index contributed by atoms with van der Waals surface area (Å²) in [7, 11) is 0. The molecule has 2 saturated heterocycles. The van der Waals surface area contributed by atoms with Gasteiger partial charge in [0.15, 0.2) is 0 Å². The van der Waals surface area contributed by atoms with Crippen molar-refractivity contribution in [1.82, 2.24) is 15.2 Å². The summed E-state index contributed by atoms with van der Waals surface area (Å²) in [5.74, 6) is -0.346. The van der Waals surface area contributed by atoms with Crippen LogP contribution in [0.1, 0.15) is 19.4 Å². The third-order valence-electron chi connectivity index (χ3n) is 6.29. The number of hydrogen-bond acceptors (Lipinski definition) is 6. The summed E-state index contributed by atoms with van der Waals surface area (Å²) >= 11 is 0.929. The van der Waals surface area contributed by atoms with Crippen molar-refractivity contribution in [2.75, 3.05) is 31.1 Å². The van der Waals surface area contributed by atoms with Crippen LogP contribution in [0.25, 0.3) is 28.1 Å². The molecule has 0 bridgehead atoms. The summed E-state index contributed by atoms with van der Waals surface area (Å²) in [6.07, 6.45) is 3.58. The molecule has 0 radical (unpaired) electrons. The number of anilines is 1. The van der Waals surface area contributed by atoms with Gasteiger partial charge in [-0.25, -0.2) is 0 Å². The van der Waals surface area contributed by atoms with Crippen LogP contribution >= 0.6 is 11.8 Å². The third kappa shape index (κ3) is 4.51. The van der Waals surface area contributed by atoms with E-state index in [-0.39, 0.29) is 11.1 Å². The number of amides is 2. The number of pyridine rings is 1. The fourth-order valence-corrected chi connectivity index (χ4v) is 5.11. The molecule has 1 aromatic heterocycles. The number of fused-ring (bicyclic) bond motifs is 1. The number of rotatable bonds is 4. The number of hydrogen-bond donors (Lipinski definition) is 1. The molecular formula is C26H26N4O2S. The average Bonchev–Trinajstić information content (AvgIpc) is 3.15. The molecule has 2 aliphatic heterocycles. The molecule has 3 heterocycles. The number of aromatic nitrogens is 1. The van der Waals surface area contributed by atoms with Crippen molar-refractivity contribution in [1.29, 1.82) is 0 Å². The number of carbonyl (C=O) groups is 2. The van der Waals surface area contributed by atoms with Crippen LogP contribution in [0.15, 0.2) is 59.6 Å². The number of benzene rings is 2. The number of piperazine rings is 1. The van der Waals surface area contributed by atoms with E-state index < -0.39 is 0 Å². The van der Waals surface area contributed by atoms with Crippen molar-refractivity contribution in [3.8, 4) is 11.1 Å². The van der Waals surface area contributed by atoms with E-state index >= 15 is 0 Å². The highest BCUT2D eigenvalue weighted by molar-refractivity contribution is 8.18. The van der Waals surface area contributed by atoms with Crippen LogP contribution in [-0.2, 0) is 4.79 Å². The van der Waals surface area contributed by atoms with Gasteiger partial charge >= 0.3 is 0 Å². The highest BCUT2D eigenvalue weighted by Crippen LogP contribution is 2.32. The molecule has 1 N–H and O–H groups in total. The quantitative estimate of drug-likeness (QED) is 0.569. The number of thioether (sulfide) groups is 1. The first-order valence-electron chi connectivity index (χ1n) is 11.2. The zero-order valence-corrected chi connectivity index (χ0v) is 19.6. The highest BCUT2D eigenvalue weighted by Gasteiger charge is 2.25. The lowest BCUT2D eigenvalue weighted by molar-refractivity contribution is -0.115. The van der Waals surface area contributed by atoms with Crippen molar-refractivity contribution in [2.24, 2.45) is 0 Å². The van der Waals surface area contributed by atoms with E-state index in [2.05, 4.69) is 58.2 Å². The van der Waals surface area contributed by atoms with Gasteiger partial charge in [-0.15, -0.1) is 0 Å². The highest BCUT2D eigenvalue weighted by atomic mass is 32.2. The standard InChI is InChI=1S/C26H26N4O2S/c1-17(2)29-11-13-30(14-12-29)20-6-4-19(5-7-20)21-9-10-27-23-8-3-18(15-22(21)23)16-24-25(31)28-26(32)33-24/h3-10,15-17H,11-14H2,1-2H3,(H,28,31,32). The molecule has 2 fully saturated rings. The van der Waals surface area contributed by atoms with E-state index in [1.165, 1.54) is 5.69 Å². The van der Waals surface area contributed by atoms with Gasteiger partial charge in [0.05, 0.1) is 10.4 Å². The van der Waals surface area contributed by atoms with Crippen LogP contribution in [-0.4, -0.2) is 53.3 Å². The number of imide groups is 1. The van der Waals surface area contributed by atoms with Gasteiger partial charge in [-0.1, -0.05) is 18.2 Å². The van der Waals surface area contributed by atoms with Gasteiger partial charge in [0.2, 0.25) is 0 Å². The van der Waals surface area contributed by atoms with Gasteiger partial charge in [0, 0.05) is 49.5 Å². The summed E-state index contributed by atoms with van der Waals surface area (Å²) in [4.78, 5) is 33.3. The second-order valence-corrected chi connectivity index (χ2v) is 9.67. The van der Waals surface area contributed by atoms with Crippen LogP contribution in [0, 0.1) is 0 Å². The van der Waals surface area contributed by atoms with Crippen molar-refractivity contribution in [2.45, 2.75) is 19.9 Å². The van der Waals surface area contributed by atoms with Crippen LogP contribution < -0.4 is 10.2 Å². The summed E-state index contributed by atoms with van der Waals surface area (Å²) < 4.78 is 0. The lowest BCUT2D eigenvalue weighted by Crippen LogP contribution is -2.48. The zero-order valence-electron chi connectivity index (χ0n) is 18.7. The van der Waals surface area contributed by atoms with Crippen LogP contribution in [0.2, 0.25) is 0 Å². The van der Waals surface area contributed by atoms with E-state index in [1.54, 1.807) is 6.08 Å². The number of nitrogens with one attached hydrogen (secondary N) is 1. The van der Waals surface area contributed by atoms with Crippen molar-refractivity contribution in [3.63, 3.8) is 0 Å². The van der Waals surface area contributed by atoms with Gasteiger partial charge in [-0.2, -0.15) is 0 Å². The van der Waals surface area contributed by atoms with Crippen molar-refractivity contribution < 1.29 is 9.59 Å². The van der Waals surface area contributed by atoms with E-state index in [0.29, 0.717) is 10.9 Å². The number of carbonyl (C=O) groups excluding carboxylic acids is 2. The monoisotopic (exact) mass is 458 g/mol. The predicted molar refractivity (Wildman–Crippen MR) is 135 cm³/mol. The largest absolute Gasteiger partial charge is 0.369 e. The lowest BCUT2D eigenvalue weighted by atomic mass is 9.99. The molecule has 0 saturated carbocycles. The second kappa shape index (κ2) is 9.00. The van der Waals surface area contributed by atoms with Gasteiger partial charge < -0.3 is 4.90 Å².